The van der Waals surface area contributed by atoms with Crippen LogP contribution < -0.4 is 0 Å². The number of rotatable bonds is 1. The zero-order valence-corrected chi connectivity index (χ0v) is 14.6. The first-order chi connectivity index (χ1) is 11.8. The number of hydrogen-bond donors (Lipinski definition) is 0. The highest BCUT2D eigenvalue weighted by atomic mass is 79.9. The molecule has 0 bridgehead atoms. The van der Waals surface area contributed by atoms with E-state index in [0.717, 1.165) is 4.47 Å². The van der Waals surface area contributed by atoms with Crippen molar-refractivity contribution >= 4 is 26.7 Å². The smallest absolute Gasteiger partial charge is 0.0352 e. The maximum absolute atomic E-state index is 3.66. The van der Waals surface area contributed by atoms with Crippen molar-refractivity contribution in [3.05, 3.63) is 106 Å². The molecule has 0 amide bonds. The van der Waals surface area contributed by atoms with Gasteiger partial charge in [-0.2, -0.15) is 0 Å². The summed E-state index contributed by atoms with van der Waals surface area (Å²) in [6.07, 6.45) is 0. The molecule has 1 heteroatoms. The van der Waals surface area contributed by atoms with E-state index >= 15 is 0 Å². The quantitative estimate of drug-likeness (QED) is 0.305. The van der Waals surface area contributed by atoms with Crippen LogP contribution in [0, 0.1) is 0 Å². The van der Waals surface area contributed by atoms with Crippen molar-refractivity contribution in [2.75, 3.05) is 0 Å². The van der Waals surface area contributed by atoms with Crippen molar-refractivity contribution < 1.29 is 0 Å². The Morgan fingerprint density at radius 3 is 2.29 bits per heavy atom. The Bertz CT molecular complexity index is 1060. The molecule has 0 saturated carbocycles. The Morgan fingerprint density at radius 1 is 0.667 bits per heavy atom. The molecule has 0 spiro atoms. The minimum atomic E-state index is 0.314. The zero-order valence-electron chi connectivity index (χ0n) is 13.0. The van der Waals surface area contributed by atoms with Gasteiger partial charge >= 0.3 is 0 Å². The predicted octanol–water partition coefficient (Wildman–Crippen LogP) is 6.76. The van der Waals surface area contributed by atoms with Gasteiger partial charge in [-0.25, -0.2) is 0 Å². The monoisotopic (exact) mass is 370 g/mol. The van der Waals surface area contributed by atoms with E-state index in [1.807, 2.05) is 0 Å². The van der Waals surface area contributed by atoms with Gasteiger partial charge in [0.1, 0.15) is 0 Å². The standard InChI is InChI=1S/C23H15Br/c24-17-11-13-19-21(14-17)23-18-9-5-4-6-15(18)10-12-20(23)22(19)16-7-2-1-3-8-16/h1-14,22H. The molecule has 5 rings (SSSR count). The van der Waals surface area contributed by atoms with Gasteiger partial charge in [0.15, 0.2) is 0 Å². The second-order valence-electron chi connectivity index (χ2n) is 6.33. The van der Waals surface area contributed by atoms with Crippen LogP contribution >= 0.6 is 15.9 Å². The molecule has 1 aliphatic carbocycles. The lowest BCUT2D eigenvalue weighted by molar-refractivity contribution is 1.02. The molecule has 4 aromatic carbocycles. The van der Waals surface area contributed by atoms with Crippen LogP contribution in [-0.4, -0.2) is 0 Å². The van der Waals surface area contributed by atoms with Gasteiger partial charge in [0.2, 0.25) is 0 Å². The molecular weight excluding hydrogens is 356 g/mol. The summed E-state index contributed by atoms with van der Waals surface area (Å²) in [5, 5.41) is 2.64. The molecule has 4 aromatic rings. The van der Waals surface area contributed by atoms with E-state index in [9.17, 15) is 0 Å². The second kappa shape index (κ2) is 5.32. The van der Waals surface area contributed by atoms with Crippen LogP contribution in [0.5, 0.6) is 0 Å². The summed E-state index contributed by atoms with van der Waals surface area (Å²) in [6.45, 7) is 0. The van der Waals surface area contributed by atoms with Crippen LogP contribution in [0.3, 0.4) is 0 Å². The zero-order chi connectivity index (χ0) is 16.1. The average molecular weight is 371 g/mol. The Morgan fingerprint density at radius 2 is 1.42 bits per heavy atom. The van der Waals surface area contributed by atoms with E-state index in [-0.39, 0.29) is 0 Å². The van der Waals surface area contributed by atoms with Crippen molar-refractivity contribution in [3.8, 4) is 11.1 Å². The Balaban J connectivity index is 1.90. The molecule has 0 nitrogen and oxygen atoms in total. The van der Waals surface area contributed by atoms with Crippen LogP contribution in [0.15, 0.2) is 89.4 Å². The highest BCUT2D eigenvalue weighted by Gasteiger charge is 2.31. The van der Waals surface area contributed by atoms with E-state index in [4.69, 9.17) is 0 Å². The first kappa shape index (κ1) is 14.0. The molecule has 0 aromatic heterocycles. The summed E-state index contributed by atoms with van der Waals surface area (Å²) in [7, 11) is 0. The molecule has 114 valence electrons. The first-order valence-corrected chi connectivity index (χ1v) is 8.98. The van der Waals surface area contributed by atoms with Gasteiger partial charge in [-0.3, -0.25) is 0 Å². The van der Waals surface area contributed by atoms with Crippen LogP contribution in [0.2, 0.25) is 0 Å². The van der Waals surface area contributed by atoms with Crippen LogP contribution in [0.4, 0.5) is 0 Å². The van der Waals surface area contributed by atoms with Gasteiger partial charge in [-0.1, -0.05) is 88.7 Å². The van der Waals surface area contributed by atoms with Crippen LogP contribution in [0.25, 0.3) is 21.9 Å². The number of benzene rings is 4. The molecular formula is C23H15Br. The molecule has 0 radical (unpaired) electrons. The molecule has 0 heterocycles. The van der Waals surface area contributed by atoms with E-state index in [1.54, 1.807) is 0 Å². The maximum Gasteiger partial charge on any atom is 0.0352 e. The van der Waals surface area contributed by atoms with E-state index in [0.29, 0.717) is 5.92 Å². The van der Waals surface area contributed by atoms with E-state index in [1.165, 1.54) is 38.6 Å². The molecule has 24 heavy (non-hydrogen) atoms. The highest BCUT2D eigenvalue weighted by Crippen LogP contribution is 2.51. The lowest BCUT2D eigenvalue weighted by atomic mass is 9.89. The Kier molecular flexibility index (Phi) is 3.11. The molecule has 1 atom stereocenters. The Hall–Kier alpha value is -2.38. The van der Waals surface area contributed by atoms with Gasteiger partial charge in [0, 0.05) is 10.4 Å². The molecule has 0 fully saturated rings. The van der Waals surface area contributed by atoms with Crippen LogP contribution in [0.1, 0.15) is 22.6 Å². The fourth-order valence-corrected chi connectivity index (χ4v) is 4.36. The minimum absolute atomic E-state index is 0.314. The predicted molar refractivity (Wildman–Crippen MR) is 104 cm³/mol. The normalized spacial score (nSPS) is 15.3. The van der Waals surface area contributed by atoms with Gasteiger partial charge in [0.25, 0.3) is 0 Å². The number of fused-ring (bicyclic) bond motifs is 5. The van der Waals surface area contributed by atoms with Crippen molar-refractivity contribution in [1.29, 1.82) is 0 Å². The summed E-state index contributed by atoms with van der Waals surface area (Å²) in [5.41, 5.74) is 6.90. The van der Waals surface area contributed by atoms with Gasteiger partial charge < -0.3 is 0 Å². The maximum atomic E-state index is 3.66. The molecule has 0 saturated heterocycles. The van der Waals surface area contributed by atoms with Crippen molar-refractivity contribution in [3.63, 3.8) is 0 Å². The summed E-state index contributed by atoms with van der Waals surface area (Å²) in [4.78, 5) is 0. The third kappa shape index (κ3) is 1.98. The van der Waals surface area contributed by atoms with Crippen molar-refractivity contribution in [2.45, 2.75) is 5.92 Å². The Labute approximate surface area is 149 Å². The lowest BCUT2D eigenvalue weighted by Crippen LogP contribution is -1.98. The lowest BCUT2D eigenvalue weighted by Gasteiger charge is -2.14. The summed E-state index contributed by atoms with van der Waals surface area (Å²) >= 11 is 3.66. The first-order valence-electron chi connectivity index (χ1n) is 8.19. The van der Waals surface area contributed by atoms with Crippen molar-refractivity contribution in [1.82, 2.24) is 0 Å². The van der Waals surface area contributed by atoms with Crippen LogP contribution in [-0.2, 0) is 0 Å². The fourth-order valence-electron chi connectivity index (χ4n) is 4.00. The van der Waals surface area contributed by atoms with E-state index < -0.39 is 0 Å². The SMILES string of the molecule is Brc1ccc2c(c1)-c1c(ccc3ccccc13)C2c1ccccc1. The molecule has 0 aliphatic heterocycles. The van der Waals surface area contributed by atoms with Gasteiger partial charge in [0.05, 0.1) is 0 Å². The topological polar surface area (TPSA) is 0 Å². The summed E-state index contributed by atoms with van der Waals surface area (Å²) in [5.74, 6) is 0.314. The molecule has 0 N–H and O–H groups in total. The number of hydrogen-bond acceptors (Lipinski definition) is 0. The molecule has 1 unspecified atom stereocenters. The number of halogens is 1. The highest BCUT2D eigenvalue weighted by molar-refractivity contribution is 9.10. The minimum Gasteiger partial charge on any atom is -0.0622 e. The second-order valence-corrected chi connectivity index (χ2v) is 7.24. The largest absolute Gasteiger partial charge is 0.0622 e. The molecule has 1 aliphatic rings. The summed E-state index contributed by atoms with van der Waals surface area (Å²) in [6, 6.07) is 30.8. The van der Waals surface area contributed by atoms with Gasteiger partial charge in [-0.05, 0) is 50.7 Å². The van der Waals surface area contributed by atoms with E-state index in [2.05, 4.69) is 101 Å². The summed E-state index contributed by atoms with van der Waals surface area (Å²) < 4.78 is 1.13. The van der Waals surface area contributed by atoms with Crippen molar-refractivity contribution in [2.24, 2.45) is 0 Å². The third-order valence-corrected chi connectivity index (χ3v) is 5.49. The third-order valence-electron chi connectivity index (χ3n) is 5.00. The van der Waals surface area contributed by atoms with Gasteiger partial charge in [-0.15, -0.1) is 0 Å². The average Bonchev–Trinajstić information content (AvgIpc) is 2.96. The fraction of sp³-hybridized carbons (Fsp3) is 0.0435.